The summed E-state index contributed by atoms with van der Waals surface area (Å²) in [6.07, 6.45) is 8.21. The molecule has 5 nitrogen and oxygen atoms in total. The van der Waals surface area contributed by atoms with Crippen LogP contribution in [-0.2, 0) is 19.6 Å². The summed E-state index contributed by atoms with van der Waals surface area (Å²) in [6, 6.07) is 25.0. The van der Waals surface area contributed by atoms with E-state index in [9.17, 15) is 0 Å². The number of aryl methyl sites for hydroxylation is 2. The number of fused-ring (bicyclic) bond motifs is 1. The fourth-order valence-corrected chi connectivity index (χ4v) is 6.14. The Labute approximate surface area is 244 Å². The zero-order chi connectivity index (χ0) is 27.7. The van der Waals surface area contributed by atoms with Gasteiger partial charge in [0.05, 0.1) is 11.0 Å². The molecule has 3 aromatic carbocycles. The molecule has 1 aromatic heterocycles. The fourth-order valence-electron chi connectivity index (χ4n) is 6.01. The molecule has 0 amide bonds. The molecule has 0 aliphatic carbocycles. The van der Waals surface area contributed by atoms with E-state index in [1.807, 2.05) is 24.3 Å². The van der Waals surface area contributed by atoms with E-state index in [0.717, 1.165) is 55.9 Å². The molecule has 1 saturated heterocycles. The van der Waals surface area contributed by atoms with Crippen LogP contribution in [0.25, 0.3) is 11.0 Å². The van der Waals surface area contributed by atoms with Crippen molar-refractivity contribution in [3.05, 3.63) is 94.8 Å². The molecule has 1 fully saturated rings. The molecule has 0 radical (unpaired) electrons. The Bertz CT molecular complexity index is 1330. The highest BCUT2D eigenvalue weighted by Crippen LogP contribution is 2.26. The Morgan fingerprint density at radius 2 is 1.68 bits per heavy atom. The normalized spacial score (nSPS) is 15.8. The van der Waals surface area contributed by atoms with Gasteiger partial charge in [-0.3, -0.25) is 0 Å². The number of ether oxygens (including phenoxy) is 1. The Kier molecular flexibility index (Phi) is 10.1. The van der Waals surface area contributed by atoms with Crippen LogP contribution < -0.4 is 10.5 Å². The quantitative estimate of drug-likeness (QED) is 0.185. The third-order valence-corrected chi connectivity index (χ3v) is 8.52. The van der Waals surface area contributed by atoms with Crippen LogP contribution in [0.3, 0.4) is 0 Å². The minimum atomic E-state index is 0.213. The number of benzene rings is 3. The van der Waals surface area contributed by atoms with Crippen LogP contribution in [-0.4, -0.2) is 40.1 Å². The number of nitrogens with zero attached hydrogens (tertiary/aromatic N) is 3. The minimum Gasteiger partial charge on any atom is -0.486 e. The van der Waals surface area contributed by atoms with E-state index in [1.165, 1.54) is 49.0 Å². The summed E-state index contributed by atoms with van der Waals surface area (Å²) >= 11 is 6.07. The predicted molar refractivity (Wildman–Crippen MR) is 166 cm³/mol. The number of para-hydroxylation sites is 1. The van der Waals surface area contributed by atoms with Crippen molar-refractivity contribution in [2.24, 2.45) is 11.7 Å². The summed E-state index contributed by atoms with van der Waals surface area (Å²) < 4.78 is 8.50. The van der Waals surface area contributed by atoms with Crippen LogP contribution in [0.2, 0.25) is 5.02 Å². The second kappa shape index (κ2) is 14.2. The Morgan fingerprint density at radius 1 is 0.900 bits per heavy atom. The van der Waals surface area contributed by atoms with E-state index < -0.39 is 0 Å². The maximum Gasteiger partial charge on any atom is 0.148 e. The van der Waals surface area contributed by atoms with Gasteiger partial charge in [-0.2, -0.15) is 0 Å². The summed E-state index contributed by atoms with van der Waals surface area (Å²) in [5.74, 6) is 2.24. The lowest BCUT2D eigenvalue weighted by Crippen LogP contribution is -2.35. The van der Waals surface area contributed by atoms with E-state index >= 15 is 0 Å². The van der Waals surface area contributed by atoms with E-state index in [-0.39, 0.29) is 6.04 Å². The number of piperidine rings is 1. The molecule has 2 atom stereocenters. The molecule has 2 unspecified atom stereocenters. The van der Waals surface area contributed by atoms with Crippen molar-refractivity contribution in [2.45, 2.75) is 71.1 Å². The molecule has 40 heavy (non-hydrogen) atoms. The number of rotatable bonds is 13. The first-order valence-electron chi connectivity index (χ1n) is 14.9. The van der Waals surface area contributed by atoms with Gasteiger partial charge in [0, 0.05) is 17.6 Å². The summed E-state index contributed by atoms with van der Waals surface area (Å²) in [6.45, 7) is 7.01. The molecule has 2 heterocycles. The van der Waals surface area contributed by atoms with Crippen LogP contribution in [0.4, 0.5) is 0 Å². The summed E-state index contributed by atoms with van der Waals surface area (Å²) in [4.78, 5) is 7.63. The van der Waals surface area contributed by atoms with Gasteiger partial charge >= 0.3 is 0 Å². The van der Waals surface area contributed by atoms with E-state index in [2.05, 4.69) is 64.9 Å². The number of aromatic nitrogens is 2. The number of hydrogen-bond acceptors (Lipinski definition) is 4. The van der Waals surface area contributed by atoms with Gasteiger partial charge in [0.25, 0.3) is 0 Å². The third-order valence-electron chi connectivity index (χ3n) is 8.27. The maximum absolute atomic E-state index is 6.78. The molecule has 1 aliphatic heterocycles. The van der Waals surface area contributed by atoms with Crippen LogP contribution >= 0.6 is 11.6 Å². The molecule has 212 valence electrons. The average molecular weight is 559 g/mol. The van der Waals surface area contributed by atoms with Gasteiger partial charge in [-0.05, 0) is 112 Å². The number of nitrogens with two attached hydrogens (primary N) is 1. The Hall–Kier alpha value is -2.86. The minimum absolute atomic E-state index is 0.213. The highest BCUT2D eigenvalue weighted by atomic mass is 35.5. The lowest BCUT2D eigenvalue weighted by Gasteiger charge is -2.28. The van der Waals surface area contributed by atoms with Crippen molar-refractivity contribution >= 4 is 22.6 Å². The second-order valence-corrected chi connectivity index (χ2v) is 11.8. The molecule has 1 aliphatic rings. The summed E-state index contributed by atoms with van der Waals surface area (Å²) in [7, 11) is 0. The van der Waals surface area contributed by atoms with Crippen molar-refractivity contribution < 1.29 is 4.74 Å². The standard InChI is InChI=1S/C34H43ClN4O/c1-26-9-8-12-32-34(26)37-33(25-40-31-15-13-29(35)14-16-31)39(32)22-17-28(23-27-10-4-2-5-11-27)24-30(36)18-21-38-19-6-3-7-20-38/h2,4-5,8-16,28,30H,3,6-7,17-25,36H2,1H3. The Morgan fingerprint density at radius 3 is 2.45 bits per heavy atom. The largest absolute Gasteiger partial charge is 0.486 e. The lowest BCUT2D eigenvalue weighted by atomic mass is 9.89. The first-order valence-corrected chi connectivity index (χ1v) is 15.3. The van der Waals surface area contributed by atoms with Crippen LogP contribution in [0.15, 0.2) is 72.8 Å². The third kappa shape index (κ3) is 7.87. The topological polar surface area (TPSA) is 56.3 Å². The van der Waals surface area contributed by atoms with Crippen LogP contribution in [0.1, 0.15) is 55.5 Å². The molecule has 0 saturated carbocycles. The number of imidazole rings is 1. The molecule has 5 rings (SSSR count). The molecule has 4 aromatic rings. The van der Waals surface area contributed by atoms with Crippen molar-refractivity contribution in [3.8, 4) is 5.75 Å². The van der Waals surface area contributed by atoms with Gasteiger partial charge < -0.3 is 19.9 Å². The lowest BCUT2D eigenvalue weighted by molar-refractivity contribution is 0.216. The smallest absolute Gasteiger partial charge is 0.148 e. The first-order chi connectivity index (χ1) is 19.5. The number of halogens is 1. The van der Waals surface area contributed by atoms with Crippen molar-refractivity contribution in [1.29, 1.82) is 0 Å². The molecule has 0 bridgehead atoms. The zero-order valence-corrected chi connectivity index (χ0v) is 24.5. The van der Waals surface area contributed by atoms with Gasteiger partial charge in [0.15, 0.2) is 0 Å². The molecular weight excluding hydrogens is 516 g/mol. The first kappa shape index (κ1) is 28.7. The highest BCUT2D eigenvalue weighted by Gasteiger charge is 2.19. The van der Waals surface area contributed by atoms with Crippen molar-refractivity contribution in [1.82, 2.24) is 14.5 Å². The van der Waals surface area contributed by atoms with Crippen LogP contribution in [0, 0.1) is 12.8 Å². The second-order valence-electron chi connectivity index (χ2n) is 11.4. The maximum atomic E-state index is 6.78. The highest BCUT2D eigenvalue weighted by molar-refractivity contribution is 6.30. The summed E-state index contributed by atoms with van der Waals surface area (Å²) in [5.41, 5.74) is 11.6. The predicted octanol–water partition coefficient (Wildman–Crippen LogP) is 7.42. The van der Waals surface area contributed by atoms with Gasteiger partial charge in [0.1, 0.15) is 18.2 Å². The Balaban J connectivity index is 1.30. The van der Waals surface area contributed by atoms with E-state index in [0.29, 0.717) is 17.5 Å². The molecule has 2 N–H and O–H groups in total. The summed E-state index contributed by atoms with van der Waals surface area (Å²) in [5, 5.41) is 0.703. The van der Waals surface area contributed by atoms with Gasteiger partial charge in [0.2, 0.25) is 0 Å². The van der Waals surface area contributed by atoms with Gasteiger partial charge in [-0.25, -0.2) is 4.98 Å². The zero-order valence-electron chi connectivity index (χ0n) is 23.8. The fraction of sp³-hybridized carbons (Fsp3) is 0.441. The van der Waals surface area contributed by atoms with Gasteiger partial charge in [-0.15, -0.1) is 0 Å². The van der Waals surface area contributed by atoms with Crippen molar-refractivity contribution in [2.75, 3.05) is 19.6 Å². The van der Waals surface area contributed by atoms with Crippen molar-refractivity contribution in [3.63, 3.8) is 0 Å². The van der Waals surface area contributed by atoms with E-state index in [4.69, 9.17) is 27.1 Å². The molecule has 0 spiro atoms. The SMILES string of the molecule is Cc1cccc2c1nc(COc1ccc(Cl)cc1)n2CCC(Cc1ccccc1)CC(N)CCN1CCCCC1. The van der Waals surface area contributed by atoms with Crippen LogP contribution in [0.5, 0.6) is 5.75 Å². The molecular formula is C34H43ClN4O. The monoisotopic (exact) mass is 558 g/mol. The van der Waals surface area contributed by atoms with Gasteiger partial charge in [-0.1, -0.05) is 60.5 Å². The molecule has 6 heteroatoms. The number of likely N-dealkylation sites (tertiary alicyclic amines) is 1. The van der Waals surface area contributed by atoms with E-state index in [1.54, 1.807) is 0 Å². The number of hydrogen-bond donors (Lipinski definition) is 1. The average Bonchev–Trinajstić information content (AvgIpc) is 3.34.